The van der Waals surface area contributed by atoms with Crippen molar-refractivity contribution in [1.29, 1.82) is 0 Å². The van der Waals surface area contributed by atoms with E-state index in [4.69, 9.17) is 0 Å². The topological polar surface area (TPSA) is 66.9 Å². The SMILES string of the molecule is CCNc1nc(SC(C)C(=O)NCC(C)C)nc2ccccc12. The molecule has 1 unspecified atom stereocenters. The molecule has 1 amide bonds. The Balaban J connectivity index is 2.17. The van der Waals surface area contributed by atoms with Crippen molar-refractivity contribution < 1.29 is 4.79 Å². The third-order valence-corrected chi connectivity index (χ3v) is 4.22. The Labute approximate surface area is 141 Å². The van der Waals surface area contributed by atoms with E-state index in [9.17, 15) is 4.79 Å². The Hall–Kier alpha value is -1.82. The Morgan fingerprint density at radius 1 is 1.22 bits per heavy atom. The largest absolute Gasteiger partial charge is 0.370 e. The highest BCUT2D eigenvalue weighted by Crippen LogP contribution is 2.26. The molecule has 0 aliphatic rings. The number of para-hydroxylation sites is 1. The highest BCUT2D eigenvalue weighted by Gasteiger charge is 2.17. The van der Waals surface area contributed by atoms with E-state index < -0.39 is 0 Å². The second kappa shape index (κ2) is 8.15. The average molecular weight is 332 g/mol. The molecule has 1 heterocycles. The minimum absolute atomic E-state index is 0.0189. The number of benzene rings is 1. The van der Waals surface area contributed by atoms with Gasteiger partial charge in [0.15, 0.2) is 5.16 Å². The van der Waals surface area contributed by atoms with E-state index in [1.165, 1.54) is 11.8 Å². The molecule has 1 atom stereocenters. The lowest BCUT2D eigenvalue weighted by Gasteiger charge is -2.14. The monoisotopic (exact) mass is 332 g/mol. The summed E-state index contributed by atoms with van der Waals surface area (Å²) in [6.07, 6.45) is 0. The molecule has 0 bridgehead atoms. The summed E-state index contributed by atoms with van der Waals surface area (Å²) < 4.78 is 0. The molecule has 0 saturated carbocycles. The first kappa shape index (κ1) is 17.5. The number of nitrogens with zero attached hydrogens (tertiary/aromatic N) is 2. The molecule has 0 radical (unpaired) electrons. The van der Waals surface area contributed by atoms with Gasteiger partial charge in [-0.05, 0) is 31.9 Å². The maximum absolute atomic E-state index is 12.1. The van der Waals surface area contributed by atoms with E-state index in [-0.39, 0.29) is 11.2 Å². The van der Waals surface area contributed by atoms with Crippen LogP contribution in [0.2, 0.25) is 0 Å². The number of hydrogen-bond acceptors (Lipinski definition) is 5. The van der Waals surface area contributed by atoms with Crippen LogP contribution in [0.3, 0.4) is 0 Å². The van der Waals surface area contributed by atoms with Crippen molar-refractivity contribution in [3.05, 3.63) is 24.3 Å². The van der Waals surface area contributed by atoms with Crippen molar-refractivity contribution in [2.45, 2.75) is 38.1 Å². The molecule has 5 nitrogen and oxygen atoms in total. The van der Waals surface area contributed by atoms with Crippen molar-refractivity contribution in [2.75, 3.05) is 18.4 Å². The number of anilines is 1. The van der Waals surface area contributed by atoms with Crippen LogP contribution in [0, 0.1) is 5.92 Å². The number of hydrogen-bond donors (Lipinski definition) is 2. The second-order valence-electron chi connectivity index (χ2n) is 5.80. The van der Waals surface area contributed by atoms with Gasteiger partial charge in [-0.3, -0.25) is 4.79 Å². The molecular formula is C17H24N4OS. The van der Waals surface area contributed by atoms with E-state index in [2.05, 4.69) is 34.4 Å². The van der Waals surface area contributed by atoms with Gasteiger partial charge in [0.05, 0.1) is 10.8 Å². The zero-order chi connectivity index (χ0) is 16.8. The van der Waals surface area contributed by atoms with Gasteiger partial charge in [0.1, 0.15) is 5.82 Å². The van der Waals surface area contributed by atoms with Crippen LogP contribution in [-0.4, -0.2) is 34.2 Å². The average Bonchev–Trinajstić information content (AvgIpc) is 2.52. The van der Waals surface area contributed by atoms with Gasteiger partial charge in [0.25, 0.3) is 0 Å². The lowest BCUT2D eigenvalue weighted by Crippen LogP contribution is -2.33. The molecule has 124 valence electrons. The molecular weight excluding hydrogens is 308 g/mol. The van der Waals surface area contributed by atoms with Crippen molar-refractivity contribution in [3.63, 3.8) is 0 Å². The number of amides is 1. The van der Waals surface area contributed by atoms with Gasteiger partial charge >= 0.3 is 0 Å². The fourth-order valence-electron chi connectivity index (χ4n) is 2.07. The Morgan fingerprint density at radius 2 is 1.96 bits per heavy atom. The first-order valence-corrected chi connectivity index (χ1v) is 8.84. The second-order valence-corrected chi connectivity index (χ2v) is 7.11. The molecule has 1 aromatic carbocycles. The quantitative estimate of drug-likeness (QED) is 0.601. The molecule has 2 rings (SSSR count). The van der Waals surface area contributed by atoms with E-state index >= 15 is 0 Å². The number of carbonyl (C=O) groups is 1. The van der Waals surface area contributed by atoms with Gasteiger partial charge in [-0.2, -0.15) is 0 Å². The minimum atomic E-state index is -0.232. The molecule has 0 spiro atoms. The van der Waals surface area contributed by atoms with Gasteiger partial charge in [0, 0.05) is 18.5 Å². The van der Waals surface area contributed by atoms with Gasteiger partial charge in [0.2, 0.25) is 5.91 Å². The number of carbonyl (C=O) groups excluding carboxylic acids is 1. The lowest BCUT2D eigenvalue weighted by molar-refractivity contribution is -0.120. The maximum Gasteiger partial charge on any atom is 0.233 e. The standard InChI is InChI=1S/C17H24N4OS/c1-5-18-15-13-8-6-7-9-14(13)20-17(21-15)23-12(4)16(22)19-10-11(2)3/h6-9,11-12H,5,10H2,1-4H3,(H,19,22)(H,18,20,21). The summed E-state index contributed by atoms with van der Waals surface area (Å²) in [6, 6.07) is 7.89. The normalized spacial score (nSPS) is 12.4. The van der Waals surface area contributed by atoms with Gasteiger partial charge in [-0.15, -0.1) is 0 Å². The molecule has 0 aliphatic heterocycles. The smallest absolute Gasteiger partial charge is 0.233 e. The van der Waals surface area contributed by atoms with Gasteiger partial charge in [-0.1, -0.05) is 37.7 Å². The Kier molecular flexibility index (Phi) is 6.21. The van der Waals surface area contributed by atoms with E-state index in [0.29, 0.717) is 17.6 Å². The highest BCUT2D eigenvalue weighted by atomic mass is 32.2. The van der Waals surface area contributed by atoms with Crippen LogP contribution in [0.4, 0.5) is 5.82 Å². The maximum atomic E-state index is 12.1. The third-order valence-electron chi connectivity index (χ3n) is 3.26. The van der Waals surface area contributed by atoms with Crippen LogP contribution in [-0.2, 0) is 4.79 Å². The molecule has 2 N–H and O–H groups in total. The van der Waals surface area contributed by atoms with Crippen LogP contribution >= 0.6 is 11.8 Å². The molecule has 0 aliphatic carbocycles. The number of rotatable bonds is 7. The number of nitrogens with one attached hydrogen (secondary N) is 2. The first-order chi connectivity index (χ1) is 11.0. The Morgan fingerprint density at radius 3 is 2.65 bits per heavy atom. The van der Waals surface area contributed by atoms with E-state index in [1.807, 2.05) is 38.1 Å². The molecule has 23 heavy (non-hydrogen) atoms. The molecule has 1 aromatic heterocycles. The minimum Gasteiger partial charge on any atom is -0.370 e. The summed E-state index contributed by atoms with van der Waals surface area (Å²) in [7, 11) is 0. The molecule has 2 aromatic rings. The molecule has 0 fully saturated rings. The van der Waals surface area contributed by atoms with Gasteiger partial charge in [-0.25, -0.2) is 9.97 Å². The van der Waals surface area contributed by atoms with Crippen LogP contribution in [0.5, 0.6) is 0 Å². The molecule has 6 heteroatoms. The third kappa shape index (κ3) is 4.82. The zero-order valence-electron chi connectivity index (χ0n) is 14.1. The summed E-state index contributed by atoms with van der Waals surface area (Å²) in [4.78, 5) is 21.3. The zero-order valence-corrected chi connectivity index (χ0v) is 14.9. The summed E-state index contributed by atoms with van der Waals surface area (Å²) in [5, 5.41) is 7.60. The number of thioether (sulfide) groups is 1. The van der Waals surface area contributed by atoms with Crippen LogP contribution in [0.15, 0.2) is 29.4 Å². The lowest BCUT2D eigenvalue weighted by atomic mass is 10.2. The van der Waals surface area contributed by atoms with Crippen molar-refractivity contribution >= 4 is 34.4 Å². The summed E-state index contributed by atoms with van der Waals surface area (Å²) >= 11 is 1.38. The predicted molar refractivity (Wildman–Crippen MR) is 96.9 cm³/mol. The fourth-order valence-corrected chi connectivity index (χ4v) is 2.87. The van der Waals surface area contributed by atoms with E-state index in [1.54, 1.807) is 0 Å². The summed E-state index contributed by atoms with van der Waals surface area (Å²) in [5.74, 6) is 1.27. The first-order valence-electron chi connectivity index (χ1n) is 7.96. The van der Waals surface area contributed by atoms with Crippen LogP contribution < -0.4 is 10.6 Å². The predicted octanol–water partition coefficient (Wildman–Crippen LogP) is 3.31. The van der Waals surface area contributed by atoms with Gasteiger partial charge < -0.3 is 10.6 Å². The van der Waals surface area contributed by atoms with Crippen molar-refractivity contribution in [1.82, 2.24) is 15.3 Å². The van der Waals surface area contributed by atoms with Crippen LogP contribution in [0.25, 0.3) is 10.9 Å². The number of aromatic nitrogens is 2. The van der Waals surface area contributed by atoms with Crippen molar-refractivity contribution in [3.8, 4) is 0 Å². The van der Waals surface area contributed by atoms with E-state index in [0.717, 1.165) is 23.3 Å². The van der Waals surface area contributed by atoms with Crippen molar-refractivity contribution in [2.24, 2.45) is 5.92 Å². The van der Waals surface area contributed by atoms with Crippen LogP contribution in [0.1, 0.15) is 27.7 Å². The number of fused-ring (bicyclic) bond motifs is 1. The Bertz CT molecular complexity index is 675. The molecule has 0 saturated heterocycles. The summed E-state index contributed by atoms with van der Waals surface area (Å²) in [5.41, 5.74) is 0.885. The summed E-state index contributed by atoms with van der Waals surface area (Å²) in [6.45, 7) is 9.54. The highest BCUT2D eigenvalue weighted by molar-refractivity contribution is 8.00. The fraction of sp³-hybridized carbons (Fsp3) is 0.471.